The maximum atomic E-state index is 11.5. The quantitative estimate of drug-likeness (QED) is 0.498. The van der Waals surface area contributed by atoms with E-state index < -0.39 is 29.3 Å². The fraction of sp³-hybridized carbons (Fsp3) is 0.364. The molecule has 0 spiro atoms. The number of rotatable bonds is 5. The van der Waals surface area contributed by atoms with E-state index in [1.807, 2.05) is 0 Å². The van der Waals surface area contributed by atoms with Crippen LogP contribution in [0.25, 0.3) is 0 Å². The third kappa shape index (κ3) is 3.44. The van der Waals surface area contributed by atoms with Gasteiger partial charge < -0.3 is 0 Å². The number of hydrogen-bond donors (Lipinski definition) is 0. The van der Waals surface area contributed by atoms with E-state index in [0.717, 1.165) is 0 Å². The van der Waals surface area contributed by atoms with Crippen molar-refractivity contribution < 1.29 is 24.0 Å². The van der Waals surface area contributed by atoms with Crippen LogP contribution in [-0.2, 0) is 24.0 Å². The van der Waals surface area contributed by atoms with Crippen molar-refractivity contribution in [3.05, 3.63) is 12.7 Å². The summed E-state index contributed by atoms with van der Waals surface area (Å²) in [4.78, 5) is 56.6. The first-order chi connectivity index (χ1) is 7.90. The van der Waals surface area contributed by atoms with Crippen LogP contribution in [0.2, 0.25) is 0 Å². The van der Waals surface area contributed by atoms with E-state index in [9.17, 15) is 24.0 Å². The monoisotopic (exact) mass is 239 g/mol. The molecule has 0 saturated heterocycles. The van der Waals surface area contributed by atoms with Crippen LogP contribution in [0.5, 0.6) is 0 Å². The second-order valence-electron chi connectivity index (χ2n) is 3.04. The third-order valence-corrected chi connectivity index (χ3v) is 1.92. The zero-order chi connectivity index (χ0) is 13.6. The van der Waals surface area contributed by atoms with Gasteiger partial charge in [0.2, 0.25) is 11.6 Å². The molecule has 0 saturated carbocycles. The molecule has 0 fully saturated rings. The van der Waals surface area contributed by atoms with E-state index in [-0.39, 0.29) is 17.7 Å². The SMILES string of the molecule is C=CC(=O)N(C(=O)C(=O)CC)C(=O)C(=O)CC. The summed E-state index contributed by atoms with van der Waals surface area (Å²) in [5, 5.41) is 0. The average molecular weight is 239 g/mol. The fourth-order valence-corrected chi connectivity index (χ4v) is 0.936. The molecule has 0 radical (unpaired) electrons. The Morgan fingerprint density at radius 3 is 1.53 bits per heavy atom. The molecular formula is C11H13NO5. The molecule has 0 atom stereocenters. The van der Waals surface area contributed by atoms with E-state index in [4.69, 9.17) is 0 Å². The highest BCUT2D eigenvalue weighted by Gasteiger charge is 2.33. The topological polar surface area (TPSA) is 88.6 Å². The summed E-state index contributed by atoms with van der Waals surface area (Å²) in [7, 11) is 0. The Morgan fingerprint density at radius 1 is 0.941 bits per heavy atom. The van der Waals surface area contributed by atoms with E-state index in [2.05, 4.69) is 6.58 Å². The van der Waals surface area contributed by atoms with Crippen molar-refractivity contribution in [3.63, 3.8) is 0 Å². The lowest BCUT2D eigenvalue weighted by Crippen LogP contribution is -2.47. The van der Waals surface area contributed by atoms with Crippen LogP contribution in [0.3, 0.4) is 0 Å². The van der Waals surface area contributed by atoms with Gasteiger partial charge in [-0.25, -0.2) is 4.90 Å². The number of Topliss-reactive ketones (excluding diaryl/α,β-unsaturated/α-hetero) is 2. The second kappa shape index (κ2) is 6.47. The van der Waals surface area contributed by atoms with Crippen molar-refractivity contribution in [2.24, 2.45) is 0 Å². The van der Waals surface area contributed by atoms with Crippen LogP contribution < -0.4 is 0 Å². The van der Waals surface area contributed by atoms with Gasteiger partial charge in [0.15, 0.2) is 0 Å². The standard InChI is InChI=1S/C11H13NO5/c1-4-7(13)10(16)12(9(15)6-3)11(17)8(14)5-2/h6H,3-5H2,1-2H3. The van der Waals surface area contributed by atoms with E-state index in [0.29, 0.717) is 6.08 Å². The summed E-state index contributed by atoms with van der Waals surface area (Å²) < 4.78 is 0. The Hall–Kier alpha value is -2.11. The van der Waals surface area contributed by atoms with Crippen molar-refractivity contribution >= 4 is 29.3 Å². The summed E-state index contributed by atoms with van der Waals surface area (Å²) in [5.74, 6) is -5.52. The minimum absolute atomic E-state index is 0.0324. The molecule has 0 N–H and O–H groups in total. The van der Waals surface area contributed by atoms with Gasteiger partial charge >= 0.3 is 11.8 Å². The summed E-state index contributed by atoms with van der Waals surface area (Å²) in [6.07, 6.45) is 0.377. The Balaban J connectivity index is 5.29. The van der Waals surface area contributed by atoms with E-state index >= 15 is 0 Å². The second-order valence-corrected chi connectivity index (χ2v) is 3.04. The normalized spacial score (nSPS) is 9.29. The van der Waals surface area contributed by atoms with Crippen molar-refractivity contribution in [2.75, 3.05) is 0 Å². The van der Waals surface area contributed by atoms with Crippen LogP contribution in [0, 0.1) is 0 Å². The summed E-state index contributed by atoms with van der Waals surface area (Å²) in [6, 6.07) is 0. The van der Waals surface area contributed by atoms with E-state index in [1.165, 1.54) is 13.8 Å². The Morgan fingerprint density at radius 2 is 1.29 bits per heavy atom. The van der Waals surface area contributed by atoms with Crippen LogP contribution in [0.1, 0.15) is 26.7 Å². The first-order valence-corrected chi connectivity index (χ1v) is 5.01. The average Bonchev–Trinajstić information content (AvgIpc) is 2.35. The van der Waals surface area contributed by atoms with Gasteiger partial charge in [0, 0.05) is 12.8 Å². The third-order valence-electron chi connectivity index (χ3n) is 1.92. The highest BCUT2D eigenvalue weighted by Crippen LogP contribution is 2.00. The van der Waals surface area contributed by atoms with Crippen molar-refractivity contribution in [2.45, 2.75) is 26.7 Å². The lowest BCUT2D eigenvalue weighted by atomic mass is 10.2. The molecule has 0 rings (SSSR count). The maximum Gasteiger partial charge on any atom is 0.303 e. The van der Waals surface area contributed by atoms with Gasteiger partial charge in [-0.05, 0) is 6.08 Å². The molecule has 0 aromatic rings. The molecule has 0 bridgehead atoms. The van der Waals surface area contributed by atoms with Gasteiger partial charge in [-0.2, -0.15) is 0 Å². The number of ketones is 2. The smallest absolute Gasteiger partial charge is 0.289 e. The molecule has 0 aliphatic carbocycles. The van der Waals surface area contributed by atoms with Crippen molar-refractivity contribution in [1.29, 1.82) is 0 Å². The number of amides is 3. The molecule has 0 aliphatic heterocycles. The highest BCUT2D eigenvalue weighted by molar-refractivity contribution is 6.50. The van der Waals surface area contributed by atoms with Crippen LogP contribution >= 0.6 is 0 Å². The number of imide groups is 3. The molecule has 0 heterocycles. The Kier molecular flexibility index (Phi) is 5.66. The number of carbonyl (C=O) groups excluding carboxylic acids is 5. The predicted octanol–water partition coefficient (Wildman–Crippen LogP) is 0.0124. The molecule has 6 nitrogen and oxygen atoms in total. The first kappa shape index (κ1) is 14.9. The first-order valence-electron chi connectivity index (χ1n) is 5.01. The minimum Gasteiger partial charge on any atom is -0.289 e. The summed E-state index contributed by atoms with van der Waals surface area (Å²) >= 11 is 0. The fourth-order valence-electron chi connectivity index (χ4n) is 0.936. The molecule has 3 amide bonds. The molecule has 92 valence electrons. The molecule has 0 aromatic heterocycles. The summed E-state index contributed by atoms with van der Waals surface area (Å²) in [5.41, 5.74) is 0. The lowest BCUT2D eigenvalue weighted by molar-refractivity contribution is -0.159. The minimum atomic E-state index is -1.30. The molecule has 17 heavy (non-hydrogen) atoms. The lowest BCUT2D eigenvalue weighted by Gasteiger charge is -2.14. The van der Waals surface area contributed by atoms with Crippen LogP contribution in [0.4, 0.5) is 0 Å². The highest BCUT2D eigenvalue weighted by atomic mass is 16.2. The van der Waals surface area contributed by atoms with Gasteiger partial charge in [0.1, 0.15) is 0 Å². The van der Waals surface area contributed by atoms with Gasteiger partial charge in [0.05, 0.1) is 0 Å². The van der Waals surface area contributed by atoms with Gasteiger partial charge in [-0.3, -0.25) is 24.0 Å². The number of hydrogen-bond acceptors (Lipinski definition) is 5. The molecule has 0 aromatic carbocycles. The largest absolute Gasteiger partial charge is 0.303 e. The van der Waals surface area contributed by atoms with Crippen molar-refractivity contribution in [1.82, 2.24) is 4.90 Å². The summed E-state index contributed by atoms with van der Waals surface area (Å²) in [6.45, 7) is 5.91. The Bertz CT molecular complexity index is 369. The zero-order valence-electron chi connectivity index (χ0n) is 9.69. The number of nitrogens with zero attached hydrogens (tertiary/aromatic N) is 1. The Labute approximate surface area is 98.3 Å². The van der Waals surface area contributed by atoms with E-state index in [1.54, 1.807) is 0 Å². The van der Waals surface area contributed by atoms with Gasteiger partial charge in [0.25, 0.3) is 5.91 Å². The molecule has 0 unspecified atom stereocenters. The maximum absolute atomic E-state index is 11.5. The number of carbonyl (C=O) groups is 5. The van der Waals surface area contributed by atoms with Gasteiger partial charge in [-0.15, -0.1) is 0 Å². The predicted molar refractivity (Wildman–Crippen MR) is 57.7 cm³/mol. The molecule has 6 heteroatoms. The molecule has 0 aliphatic rings. The zero-order valence-corrected chi connectivity index (χ0v) is 9.69. The van der Waals surface area contributed by atoms with Crippen LogP contribution in [0.15, 0.2) is 12.7 Å². The molecular weight excluding hydrogens is 226 g/mol. The van der Waals surface area contributed by atoms with Crippen LogP contribution in [-0.4, -0.2) is 34.2 Å². The van der Waals surface area contributed by atoms with Crippen molar-refractivity contribution in [3.8, 4) is 0 Å². The van der Waals surface area contributed by atoms with Gasteiger partial charge in [-0.1, -0.05) is 20.4 Å².